The number of hydrogen-bond acceptors (Lipinski definition) is 5. The smallest absolute Gasteiger partial charge is 0.416 e. The van der Waals surface area contributed by atoms with E-state index < -0.39 is 22.4 Å². The van der Waals surface area contributed by atoms with Gasteiger partial charge in [-0.05, 0) is 73.5 Å². The van der Waals surface area contributed by atoms with Gasteiger partial charge in [-0.15, -0.1) is 11.8 Å². The number of benzene rings is 3. The molecule has 0 aliphatic carbocycles. The number of nitrogens with one attached hydrogen (secondary N) is 1. The molecule has 2 amide bonds. The van der Waals surface area contributed by atoms with E-state index in [0.29, 0.717) is 37.2 Å². The number of hydrogen-bond donors (Lipinski definition) is 2. The maximum Gasteiger partial charge on any atom is 0.416 e. The highest BCUT2D eigenvalue weighted by Gasteiger charge is 2.43. The summed E-state index contributed by atoms with van der Waals surface area (Å²) in [6.07, 6.45) is -3.74. The molecule has 10 heteroatoms. The van der Waals surface area contributed by atoms with Gasteiger partial charge in [-0.1, -0.05) is 18.2 Å². The molecule has 188 valence electrons. The van der Waals surface area contributed by atoms with Crippen LogP contribution in [0.3, 0.4) is 0 Å². The molecular weight excluding hydrogens is 493 g/mol. The van der Waals surface area contributed by atoms with Crippen molar-refractivity contribution in [2.24, 2.45) is 0 Å². The summed E-state index contributed by atoms with van der Waals surface area (Å²) in [5, 5.41) is 9.38. The first-order chi connectivity index (χ1) is 17.2. The van der Waals surface area contributed by atoms with Crippen LogP contribution in [0.5, 0.6) is 11.5 Å². The fourth-order valence-corrected chi connectivity index (χ4v) is 5.21. The third-order valence-corrected chi connectivity index (χ3v) is 7.44. The lowest BCUT2D eigenvalue weighted by atomic mass is 9.94. The van der Waals surface area contributed by atoms with E-state index in [-0.39, 0.29) is 11.7 Å². The van der Waals surface area contributed by atoms with Crippen LogP contribution in [0.1, 0.15) is 28.8 Å². The molecule has 0 spiro atoms. The van der Waals surface area contributed by atoms with Gasteiger partial charge < -0.3 is 9.64 Å². The van der Waals surface area contributed by atoms with E-state index in [9.17, 15) is 28.0 Å². The van der Waals surface area contributed by atoms with Gasteiger partial charge in [-0.2, -0.15) is 13.2 Å². The van der Waals surface area contributed by atoms with E-state index in [1.54, 1.807) is 58.9 Å². The molecule has 6 nitrogen and oxygen atoms in total. The summed E-state index contributed by atoms with van der Waals surface area (Å²) in [4.78, 5) is 27.9. The number of carbonyl (C=O) groups excluding carboxylic acids is 2. The molecule has 0 bridgehead atoms. The van der Waals surface area contributed by atoms with E-state index in [1.165, 1.54) is 23.9 Å². The van der Waals surface area contributed by atoms with Gasteiger partial charge in [0.25, 0.3) is 11.8 Å². The molecule has 0 atom stereocenters. The van der Waals surface area contributed by atoms with Crippen LogP contribution in [-0.2, 0) is 11.0 Å². The average molecular weight is 517 g/mol. The van der Waals surface area contributed by atoms with Crippen molar-refractivity contribution in [1.82, 2.24) is 10.4 Å². The molecule has 3 aromatic rings. The van der Waals surface area contributed by atoms with Gasteiger partial charge in [-0.3, -0.25) is 14.8 Å². The lowest BCUT2D eigenvalue weighted by molar-refractivity contribution is -0.137. The van der Waals surface area contributed by atoms with Crippen molar-refractivity contribution in [1.29, 1.82) is 0 Å². The Labute approximate surface area is 210 Å². The minimum Gasteiger partial charge on any atom is -0.457 e. The fourth-order valence-electron chi connectivity index (χ4n) is 3.96. The van der Waals surface area contributed by atoms with Crippen molar-refractivity contribution in [3.63, 3.8) is 0 Å². The lowest BCUT2D eigenvalue weighted by Crippen LogP contribution is -2.52. The van der Waals surface area contributed by atoms with Crippen molar-refractivity contribution in [3.8, 4) is 11.5 Å². The zero-order valence-electron chi connectivity index (χ0n) is 19.0. The van der Waals surface area contributed by atoms with Crippen LogP contribution < -0.4 is 10.2 Å². The highest BCUT2D eigenvalue weighted by atomic mass is 32.2. The fraction of sp³-hybridized carbons (Fsp3) is 0.231. The van der Waals surface area contributed by atoms with Crippen LogP contribution in [-0.4, -0.2) is 39.8 Å². The van der Waals surface area contributed by atoms with Crippen molar-refractivity contribution in [2.75, 3.05) is 13.1 Å². The number of rotatable bonds is 6. The predicted octanol–water partition coefficient (Wildman–Crippen LogP) is 5.77. The minimum atomic E-state index is -4.42. The summed E-state index contributed by atoms with van der Waals surface area (Å²) in [5.41, 5.74) is 1.58. The maximum absolute atomic E-state index is 12.8. The Hall–Kier alpha value is -3.50. The van der Waals surface area contributed by atoms with Crippen LogP contribution in [0.25, 0.3) is 0 Å². The van der Waals surface area contributed by atoms with Gasteiger partial charge >= 0.3 is 6.18 Å². The summed E-state index contributed by atoms with van der Waals surface area (Å²) in [6, 6.07) is 20.1. The summed E-state index contributed by atoms with van der Waals surface area (Å²) < 4.78 is 42.8. The molecule has 4 rings (SSSR count). The number of amides is 2. The highest BCUT2D eigenvalue weighted by molar-refractivity contribution is 8.01. The molecule has 1 aliphatic heterocycles. The normalized spacial score (nSPS) is 15.3. The summed E-state index contributed by atoms with van der Waals surface area (Å²) in [6.45, 7) is 0.701. The number of nitrogens with zero attached hydrogens (tertiary/aromatic N) is 1. The second kappa shape index (κ2) is 10.6. The highest BCUT2D eigenvalue weighted by Crippen LogP contribution is 2.42. The lowest BCUT2D eigenvalue weighted by Gasteiger charge is -2.39. The van der Waals surface area contributed by atoms with Gasteiger partial charge in [0.1, 0.15) is 16.2 Å². The second-order valence-corrected chi connectivity index (χ2v) is 9.75. The van der Waals surface area contributed by atoms with Crippen LogP contribution in [0.2, 0.25) is 0 Å². The van der Waals surface area contributed by atoms with Gasteiger partial charge in [0.15, 0.2) is 0 Å². The molecular formula is C26H23F3N2O4S. The van der Waals surface area contributed by atoms with Gasteiger partial charge in [0.2, 0.25) is 0 Å². The van der Waals surface area contributed by atoms with E-state index >= 15 is 0 Å². The number of carbonyl (C=O) groups is 2. The Morgan fingerprint density at radius 3 is 1.97 bits per heavy atom. The Bertz CT molecular complexity index is 1190. The minimum absolute atomic E-state index is 0.108. The standard InChI is InChI=1S/C26H23F3N2O4S/c27-26(28,29)19-6-8-20(9-7-19)35-21-10-12-22(13-11-21)36-25(24(33)30-34)14-16-31(17-15-25)23(32)18-4-2-1-3-5-18/h1-13,34H,14-17H2,(H,30,33). The Kier molecular flexibility index (Phi) is 7.56. The Morgan fingerprint density at radius 2 is 1.44 bits per heavy atom. The molecule has 2 N–H and O–H groups in total. The zero-order chi connectivity index (χ0) is 25.8. The molecule has 3 aromatic carbocycles. The molecule has 0 unspecified atom stereocenters. The van der Waals surface area contributed by atoms with E-state index in [0.717, 1.165) is 17.0 Å². The van der Waals surface area contributed by atoms with Crippen molar-refractivity contribution < 1.29 is 32.7 Å². The summed E-state index contributed by atoms with van der Waals surface area (Å²) >= 11 is 1.28. The molecule has 36 heavy (non-hydrogen) atoms. The van der Waals surface area contributed by atoms with Crippen molar-refractivity contribution in [2.45, 2.75) is 28.7 Å². The number of likely N-dealkylation sites (tertiary alicyclic amines) is 1. The monoisotopic (exact) mass is 516 g/mol. The van der Waals surface area contributed by atoms with Crippen LogP contribution in [0.15, 0.2) is 83.8 Å². The number of ether oxygens (including phenoxy) is 1. The zero-order valence-corrected chi connectivity index (χ0v) is 19.8. The van der Waals surface area contributed by atoms with Crippen molar-refractivity contribution >= 4 is 23.6 Å². The van der Waals surface area contributed by atoms with E-state index in [4.69, 9.17) is 4.74 Å². The second-order valence-electron chi connectivity index (χ2n) is 8.29. The predicted molar refractivity (Wildman–Crippen MR) is 128 cm³/mol. The molecule has 0 saturated carbocycles. The largest absolute Gasteiger partial charge is 0.457 e. The Morgan fingerprint density at radius 1 is 0.889 bits per heavy atom. The first-order valence-electron chi connectivity index (χ1n) is 11.1. The number of piperidine rings is 1. The third kappa shape index (κ3) is 5.83. The summed E-state index contributed by atoms with van der Waals surface area (Å²) in [7, 11) is 0. The van der Waals surface area contributed by atoms with Gasteiger partial charge in [0.05, 0.1) is 5.56 Å². The topological polar surface area (TPSA) is 78.9 Å². The van der Waals surface area contributed by atoms with Crippen LogP contribution in [0, 0.1) is 0 Å². The molecule has 1 fully saturated rings. The van der Waals surface area contributed by atoms with E-state index in [2.05, 4.69) is 0 Å². The van der Waals surface area contributed by atoms with Crippen LogP contribution >= 0.6 is 11.8 Å². The molecule has 0 radical (unpaired) electrons. The number of hydroxylamine groups is 1. The molecule has 0 aromatic heterocycles. The molecule has 1 aliphatic rings. The van der Waals surface area contributed by atoms with Gasteiger partial charge in [0, 0.05) is 23.5 Å². The van der Waals surface area contributed by atoms with E-state index in [1.807, 2.05) is 6.07 Å². The average Bonchev–Trinajstić information content (AvgIpc) is 2.89. The maximum atomic E-state index is 12.8. The first kappa shape index (κ1) is 25.6. The third-order valence-electron chi connectivity index (χ3n) is 5.95. The molecule has 1 saturated heterocycles. The first-order valence-corrected chi connectivity index (χ1v) is 11.9. The van der Waals surface area contributed by atoms with Crippen molar-refractivity contribution in [3.05, 3.63) is 90.0 Å². The number of halogens is 3. The number of thioether (sulfide) groups is 1. The SMILES string of the molecule is O=C(c1ccccc1)N1CCC(Sc2ccc(Oc3ccc(C(F)(F)F)cc3)cc2)(C(=O)NO)CC1. The Balaban J connectivity index is 1.41. The van der Waals surface area contributed by atoms with Crippen LogP contribution in [0.4, 0.5) is 13.2 Å². The number of alkyl halides is 3. The van der Waals surface area contributed by atoms with Gasteiger partial charge in [-0.25, -0.2) is 5.48 Å². The molecule has 1 heterocycles. The quantitative estimate of drug-likeness (QED) is 0.321. The summed E-state index contributed by atoms with van der Waals surface area (Å²) in [5.74, 6) is 0.0331.